The van der Waals surface area contributed by atoms with E-state index in [1.807, 2.05) is 37.5 Å². The van der Waals surface area contributed by atoms with Gasteiger partial charge in [0.1, 0.15) is 5.82 Å². The summed E-state index contributed by atoms with van der Waals surface area (Å²) in [7, 11) is 2.04. The first-order valence-electron chi connectivity index (χ1n) is 7.22. The predicted molar refractivity (Wildman–Crippen MR) is 83.1 cm³/mol. The molecule has 0 amide bonds. The summed E-state index contributed by atoms with van der Waals surface area (Å²) in [5, 5.41) is 0. The van der Waals surface area contributed by atoms with E-state index in [1.165, 1.54) is 12.1 Å². The molecule has 0 saturated heterocycles. The Bertz CT molecular complexity index is 542. The topological polar surface area (TPSA) is 42.1 Å². The van der Waals surface area contributed by atoms with Crippen molar-refractivity contribution in [2.45, 2.75) is 32.0 Å². The van der Waals surface area contributed by atoms with Crippen LogP contribution >= 0.6 is 0 Å². The Morgan fingerprint density at radius 2 is 1.95 bits per heavy atom. The molecule has 2 rings (SSSR count). The fraction of sp³-hybridized carbons (Fsp3) is 0.353. The highest BCUT2D eigenvalue weighted by atomic mass is 19.1. The minimum Gasteiger partial charge on any atom is -0.326 e. The molecular weight excluding hydrogens is 265 g/mol. The number of nitrogens with two attached hydrogens (primary N) is 1. The molecule has 1 aromatic heterocycles. The van der Waals surface area contributed by atoms with Gasteiger partial charge in [-0.15, -0.1) is 0 Å². The molecule has 0 aliphatic carbocycles. The van der Waals surface area contributed by atoms with E-state index in [1.54, 1.807) is 6.20 Å². The molecule has 4 heteroatoms. The van der Waals surface area contributed by atoms with Gasteiger partial charge in [-0.3, -0.25) is 9.88 Å². The van der Waals surface area contributed by atoms with Crippen molar-refractivity contribution in [1.82, 2.24) is 9.88 Å². The van der Waals surface area contributed by atoms with Gasteiger partial charge in [-0.1, -0.05) is 25.1 Å². The quantitative estimate of drug-likeness (QED) is 0.887. The van der Waals surface area contributed by atoms with Crippen LogP contribution in [0, 0.1) is 5.82 Å². The number of halogens is 1. The summed E-state index contributed by atoms with van der Waals surface area (Å²) in [5.74, 6) is -0.213. The van der Waals surface area contributed by atoms with E-state index in [0.717, 1.165) is 17.5 Å². The molecule has 0 saturated carbocycles. The Kier molecular flexibility index (Phi) is 5.42. The van der Waals surface area contributed by atoms with Crippen molar-refractivity contribution in [3.05, 3.63) is 65.7 Å². The Morgan fingerprint density at radius 3 is 2.52 bits per heavy atom. The van der Waals surface area contributed by atoms with Crippen molar-refractivity contribution in [2.24, 2.45) is 5.73 Å². The van der Waals surface area contributed by atoms with Crippen LogP contribution in [0.4, 0.5) is 4.39 Å². The van der Waals surface area contributed by atoms with E-state index in [4.69, 9.17) is 5.73 Å². The van der Waals surface area contributed by atoms with Crippen LogP contribution in [0.15, 0.2) is 48.8 Å². The van der Waals surface area contributed by atoms with E-state index >= 15 is 0 Å². The number of likely N-dealkylation sites (N-methyl/N-ethyl adjacent to an activating group) is 1. The van der Waals surface area contributed by atoms with Crippen LogP contribution < -0.4 is 5.73 Å². The highest BCUT2D eigenvalue weighted by Crippen LogP contribution is 2.24. The van der Waals surface area contributed by atoms with Gasteiger partial charge in [0, 0.05) is 25.0 Å². The number of aromatic nitrogens is 1. The van der Waals surface area contributed by atoms with Crippen LogP contribution in [0.5, 0.6) is 0 Å². The second-order valence-electron chi connectivity index (χ2n) is 5.34. The highest BCUT2D eigenvalue weighted by molar-refractivity contribution is 5.19. The first-order chi connectivity index (χ1) is 10.1. The summed E-state index contributed by atoms with van der Waals surface area (Å²) in [4.78, 5) is 6.38. The minimum atomic E-state index is -0.213. The molecule has 0 spiro atoms. The Morgan fingerprint density at radius 1 is 1.24 bits per heavy atom. The molecule has 0 bridgehead atoms. The molecule has 2 atom stereocenters. The monoisotopic (exact) mass is 287 g/mol. The van der Waals surface area contributed by atoms with Gasteiger partial charge in [-0.25, -0.2) is 4.39 Å². The van der Waals surface area contributed by atoms with Gasteiger partial charge in [-0.2, -0.15) is 0 Å². The van der Waals surface area contributed by atoms with Crippen LogP contribution in [0.3, 0.4) is 0 Å². The third-order valence-corrected chi connectivity index (χ3v) is 3.72. The second kappa shape index (κ2) is 7.29. The molecule has 2 aromatic rings. The average Bonchev–Trinajstić information content (AvgIpc) is 2.50. The van der Waals surface area contributed by atoms with Gasteiger partial charge in [-0.05, 0) is 42.8 Å². The van der Waals surface area contributed by atoms with Gasteiger partial charge in [0.15, 0.2) is 0 Å². The normalized spacial score (nSPS) is 14.1. The van der Waals surface area contributed by atoms with Gasteiger partial charge in [0.2, 0.25) is 0 Å². The maximum atomic E-state index is 13.0. The van der Waals surface area contributed by atoms with Crippen LogP contribution in [0.25, 0.3) is 0 Å². The number of nitrogens with zero attached hydrogens (tertiary/aromatic N) is 2. The van der Waals surface area contributed by atoms with E-state index in [9.17, 15) is 4.39 Å². The molecule has 0 radical (unpaired) electrons. The molecule has 3 nitrogen and oxygen atoms in total. The molecule has 2 unspecified atom stereocenters. The van der Waals surface area contributed by atoms with Crippen LogP contribution in [-0.2, 0) is 6.54 Å². The summed E-state index contributed by atoms with van der Waals surface area (Å²) in [6.45, 7) is 2.80. The third-order valence-electron chi connectivity index (χ3n) is 3.72. The van der Waals surface area contributed by atoms with Crippen molar-refractivity contribution in [3.63, 3.8) is 0 Å². The third kappa shape index (κ3) is 4.09. The predicted octanol–water partition coefficient (Wildman–Crippen LogP) is 3.13. The summed E-state index contributed by atoms with van der Waals surface area (Å²) in [6.07, 6.45) is 4.51. The number of hydrogen-bond acceptors (Lipinski definition) is 3. The number of pyridine rings is 1. The average molecular weight is 287 g/mol. The van der Waals surface area contributed by atoms with E-state index in [2.05, 4.69) is 16.8 Å². The molecule has 2 N–H and O–H groups in total. The molecule has 1 aromatic carbocycles. The lowest BCUT2D eigenvalue weighted by Gasteiger charge is -2.32. The largest absolute Gasteiger partial charge is 0.326 e. The maximum Gasteiger partial charge on any atom is 0.123 e. The van der Waals surface area contributed by atoms with Crippen molar-refractivity contribution in [3.8, 4) is 0 Å². The van der Waals surface area contributed by atoms with Crippen LogP contribution in [0.2, 0.25) is 0 Å². The van der Waals surface area contributed by atoms with Crippen LogP contribution in [-0.4, -0.2) is 23.0 Å². The van der Waals surface area contributed by atoms with Gasteiger partial charge in [0.05, 0.1) is 6.04 Å². The smallest absolute Gasteiger partial charge is 0.123 e. The first kappa shape index (κ1) is 15.6. The molecule has 112 valence electrons. The number of rotatable bonds is 6. The van der Waals surface area contributed by atoms with Crippen molar-refractivity contribution < 1.29 is 4.39 Å². The summed E-state index contributed by atoms with van der Waals surface area (Å²) in [6, 6.07) is 10.7. The Hall–Kier alpha value is -1.78. The lowest BCUT2D eigenvalue weighted by molar-refractivity contribution is 0.201. The van der Waals surface area contributed by atoms with E-state index in [-0.39, 0.29) is 17.9 Å². The minimum absolute atomic E-state index is 0.0275. The van der Waals surface area contributed by atoms with Gasteiger partial charge < -0.3 is 5.73 Å². The maximum absolute atomic E-state index is 13.0. The zero-order valence-corrected chi connectivity index (χ0v) is 12.5. The standard InChI is InChI=1S/C17H22FN3/c1-3-16(19)17(14-5-4-10-20-11-14)21(2)12-13-6-8-15(18)9-7-13/h4-11,16-17H,3,12,19H2,1-2H3. The second-order valence-corrected chi connectivity index (χ2v) is 5.34. The van der Waals surface area contributed by atoms with Gasteiger partial charge in [0.25, 0.3) is 0 Å². The molecule has 0 aliphatic rings. The molecule has 0 fully saturated rings. The SMILES string of the molecule is CCC(N)C(c1cccnc1)N(C)Cc1ccc(F)cc1. The highest BCUT2D eigenvalue weighted by Gasteiger charge is 2.23. The molecule has 21 heavy (non-hydrogen) atoms. The Labute approximate surface area is 125 Å². The fourth-order valence-corrected chi connectivity index (χ4v) is 2.58. The first-order valence-corrected chi connectivity index (χ1v) is 7.22. The summed E-state index contributed by atoms with van der Waals surface area (Å²) < 4.78 is 13.0. The number of benzene rings is 1. The van der Waals surface area contributed by atoms with Crippen molar-refractivity contribution >= 4 is 0 Å². The van der Waals surface area contributed by atoms with Crippen LogP contribution in [0.1, 0.15) is 30.5 Å². The number of hydrogen-bond donors (Lipinski definition) is 1. The molecule has 1 heterocycles. The van der Waals surface area contributed by atoms with E-state index in [0.29, 0.717) is 6.54 Å². The summed E-state index contributed by atoms with van der Waals surface area (Å²) in [5.41, 5.74) is 8.47. The lowest BCUT2D eigenvalue weighted by Crippen LogP contribution is -2.38. The Balaban J connectivity index is 2.18. The van der Waals surface area contributed by atoms with Crippen molar-refractivity contribution in [1.29, 1.82) is 0 Å². The lowest BCUT2D eigenvalue weighted by atomic mass is 9.97. The molecule has 0 aliphatic heterocycles. The molecular formula is C17H22FN3. The summed E-state index contributed by atoms with van der Waals surface area (Å²) >= 11 is 0. The van der Waals surface area contributed by atoms with Gasteiger partial charge >= 0.3 is 0 Å². The zero-order chi connectivity index (χ0) is 15.2. The van der Waals surface area contributed by atoms with Crippen molar-refractivity contribution in [2.75, 3.05) is 7.05 Å². The van der Waals surface area contributed by atoms with E-state index < -0.39 is 0 Å². The zero-order valence-electron chi connectivity index (χ0n) is 12.5. The fourth-order valence-electron chi connectivity index (χ4n) is 2.58.